The van der Waals surface area contributed by atoms with E-state index in [0.29, 0.717) is 19.7 Å². The molecule has 0 aromatic rings. The zero-order chi connectivity index (χ0) is 15.3. The fourth-order valence-electron chi connectivity index (χ4n) is 2.58. The summed E-state index contributed by atoms with van der Waals surface area (Å²) in [7, 11) is 0. The summed E-state index contributed by atoms with van der Waals surface area (Å²) in [5.41, 5.74) is -0.344. The second-order valence-electron chi connectivity index (χ2n) is 6.65. The number of aliphatic hydroxyl groups is 1. The third kappa shape index (κ3) is 4.72. The molecule has 0 saturated carbocycles. The molecule has 20 heavy (non-hydrogen) atoms. The summed E-state index contributed by atoms with van der Waals surface area (Å²) in [6, 6.07) is 0. The molecule has 1 saturated heterocycles. The Hall–Kier alpha value is -0.650. The van der Waals surface area contributed by atoms with E-state index >= 15 is 0 Å². The molecule has 118 valence electrons. The quantitative estimate of drug-likeness (QED) is 0.760. The van der Waals surface area contributed by atoms with Crippen LogP contribution in [-0.2, 0) is 9.53 Å². The smallest absolute Gasteiger partial charge is 0.250 e. The summed E-state index contributed by atoms with van der Waals surface area (Å²) < 4.78 is 5.53. The van der Waals surface area contributed by atoms with Crippen LogP contribution >= 0.6 is 0 Å². The summed E-state index contributed by atoms with van der Waals surface area (Å²) in [6.07, 6.45) is -0.835. The topological polar surface area (TPSA) is 61.8 Å². The molecule has 0 aliphatic carbocycles. The molecule has 1 fully saturated rings. The van der Waals surface area contributed by atoms with Crippen LogP contribution in [0.2, 0.25) is 0 Å². The number of ether oxygens (including phenoxy) is 1. The molecule has 1 amide bonds. The van der Waals surface area contributed by atoms with Crippen molar-refractivity contribution in [2.24, 2.45) is 11.3 Å². The molecule has 5 heteroatoms. The van der Waals surface area contributed by atoms with Crippen LogP contribution in [0.25, 0.3) is 0 Å². The first-order valence-electron chi connectivity index (χ1n) is 7.57. The van der Waals surface area contributed by atoms with Crippen LogP contribution < -0.4 is 5.32 Å². The highest BCUT2D eigenvalue weighted by atomic mass is 16.5. The maximum absolute atomic E-state index is 12.2. The number of hydrogen-bond donors (Lipinski definition) is 2. The highest BCUT2D eigenvalue weighted by molar-refractivity contribution is 5.81. The molecule has 0 aromatic carbocycles. The number of aliphatic hydroxyl groups excluding tert-OH is 1. The van der Waals surface area contributed by atoms with Crippen molar-refractivity contribution >= 4 is 5.91 Å². The van der Waals surface area contributed by atoms with Crippen molar-refractivity contribution in [3.63, 3.8) is 0 Å². The summed E-state index contributed by atoms with van der Waals surface area (Å²) in [4.78, 5) is 14.4. The molecule has 2 N–H and O–H groups in total. The van der Waals surface area contributed by atoms with Gasteiger partial charge in [0.1, 0.15) is 6.10 Å². The second-order valence-corrected chi connectivity index (χ2v) is 6.65. The lowest BCUT2D eigenvalue weighted by molar-refractivity contribution is -0.139. The van der Waals surface area contributed by atoms with Crippen molar-refractivity contribution in [1.82, 2.24) is 10.2 Å². The van der Waals surface area contributed by atoms with Crippen molar-refractivity contribution in [2.45, 2.75) is 46.8 Å². The lowest BCUT2D eigenvalue weighted by Gasteiger charge is -2.35. The Bertz CT molecular complexity index is 318. The van der Waals surface area contributed by atoms with Gasteiger partial charge in [-0.15, -0.1) is 0 Å². The number of likely N-dealkylation sites (N-methyl/N-ethyl adjacent to an activating group) is 1. The average Bonchev–Trinajstić information content (AvgIpc) is 2.43. The van der Waals surface area contributed by atoms with E-state index < -0.39 is 12.2 Å². The molecule has 5 nitrogen and oxygen atoms in total. The maximum atomic E-state index is 12.2. The standard InChI is InChI=1S/C15H30N2O3/c1-6-17-7-8-20-12(9-17)14(19)16-10-15(4,5)13(18)11(2)3/h11-13,18H,6-10H2,1-5H3,(H,16,19). The molecule has 0 radical (unpaired) electrons. The minimum Gasteiger partial charge on any atom is -0.392 e. The van der Waals surface area contributed by atoms with E-state index in [2.05, 4.69) is 17.1 Å². The number of hydrogen-bond acceptors (Lipinski definition) is 4. The van der Waals surface area contributed by atoms with Crippen molar-refractivity contribution in [2.75, 3.05) is 32.8 Å². The van der Waals surface area contributed by atoms with E-state index in [1.165, 1.54) is 0 Å². The first-order chi connectivity index (χ1) is 9.27. The first kappa shape index (κ1) is 17.4. The summed E-state index contributed by atoms with van der Waals surface area (Å²) in [6.45, 7) is 13.5. The van der Waals surface area contributed by atoms with E-state index in [0.717, 1.165) is 13.1 Å². The number of morpholine rings is 1. The van der Waals surface area contributed by atoms with Gasteiger partial charge in [-0.2, -0.15) is 0 Å². The van der Waals surface area contributed by atoms with Gasteiger partial charge in [0.15, 0.2) is 0 Å². The Balaban J connectivity index is 2.46. The number of amides is 1. The van der Waals surface area contributed by atoms with Crippen LogP contribution in [0.4, 0.5) is 0 Å². The number of carbonyl (C=O) groups excluding carboxylic acids is 1. The molecule has 1 aliphatic rings. The molecule has 1 heterocycles. The van der Waals surface area contributed by atoms with Gasteiger partial charge >= 0.3 is 0 Å². The monoisotopic (exact) mass is 286 g/mol. The van der Waals surface area contributed by atoms with Gasteiger partial charge in [0.2, 0.25) is 5.91 Å². The number of nitrogens with zero attached hydrogens (tertiary/aromatic N) is 1. The maximum Gasteiger partial charge on any atom is 0.250 e. The van der Waals surface area contributed by atoms with Crippen LogP contribution in [0.5, 0.6) is 0 Å². The molecular weight excluding hydrogens is 256 g/mol. The molecule has 1 aliphatic heterocycles. The van der Waals surface area contributed by atoms with Crippen molar-refractivity contribution in [3.05, 3.63) is 0 Å². The van der Waals surface area contributed by atoms with Gasteiger partial charge < -0.3 is 15.2 Å². The predicted molar refractivity (Wildman–Crippen MR) is 79.5 cm³/mol. The van der Waals surface area contributed by atoms with E-state index in [4.69, 9.17) is 4.74 Å². The summed E-state index contributed by atoms with van der Waals surface area (Å²) in [5.74, 6) is 0.0931. The lowest BCUT2D eigenvalue weighted by Crippen LogP contribution is -2.52. The van der Waals surface area contributed by atoms with Gasteiger partial charge in [-0.1, -0.05) is 34.6 Å². The minimum absolute atomic E-state index is 0.0767. The Labute approximate surface area is 122 Å². The zero-order valence-corrected chi connectivity index (χ0v) is 13.5. The molecule has 2 unspecified atom stereocenters. The fourth-order valence-corrected chi connectivity index (χ4v) is 2.58. The Morgan fingerprint density at radius 3 is 2.70 bits per heavy atom. The SMILES string of the molecule is CCN1CCOC(C(=O)NCC(C)(C)C(O)C(C)C)C1. The Morgan fingerprint density at radius 1 is 1.50 bits per heavy atom. The molecule has 0 aromatic heterocycles. The molecule has 0 bridgehead atoms. The molecule has 2 atom stereocenters. The van der Waals surface area contributed by atoms with E-state index in [9.17, 15) is 9.90 Å². The van der Waals surface area contributed by atoms with E-state index in [1.54, 1.807) is 0 Å². The van der Waals surface area contributed by atoms with Gasteiger partial charge in [0.05, 0.1) is 12.7 Å². The van der Waals surface area contributed by atoms with Crippen molar-refractivity contribution in [3.8, 4) is 0 Å². The number of rotatable bonds is 6. The van der Waals surface area contributed by atoms with Gasteiger partial charge in [-0.05, 0) is 12.5 Å². The highest BCUT2D eigenvalue weighted by Gasteiger charge is 2.32. The van der Waals surface area contributed by atoms with Gasteiger partial charge in [0, 0.05) is 25.0 Å². The zero-order valence-electron chi connectivity index (χ0n) is 13.5. The lowest BCUT2D eigenvalue weighted by atomic mass is 9.80. The van der Waals surface area contributed by atoms with Crippen molar-refractivity contribution < 1.29 is 14.6 Å². The van der Waals surface area contributed by atoms with Gasteiger partial charge in [-0.25, -0.2) is 0 Å². The predicted octanol–water partition coefficient (Wildman–Crippen LogP) is 0.866. The Kier molecular flexibility index (Phi) is 6.43. The number of nitrogens with one attached hydrogen (secondary N) is 1. The second kappa shape index (κ2) is 7.38. The van der Waals surface area contributed by atoms with Crippen molar-refractivity contribution in [1.29, 1.82) is 0 Å². The van der Waals surface area contributed by atoms with Crippen LogP contribution in [0.3, 0.4) is 0 Å². The van der Waals surface area contributed by atoms with Gasteiger partial charge in [0.25, 0.3) is 0 Å². The van der Waals surface area contributed by atoms with E-state index in [1.807, 2.05) is 27.7 Å². The van der Waals surface area contributed by atoms with Crippen LogP contribution in [0.15, 0.2) is 0 Å². The van der Waals surface area contributed by atoms with E-state index in [-0.39, 0.29) is 17.2 Å². The third-order valence-corrected chi connectivity index (χ3v) is 4.04. The van der Waals surface area contributed by atoms with Gasteiger partial charge in [-0.3, -0.25) is 9.69 Å². The molecule has 1 rings (SSSR count). The van der Waals surface area contributed by atoms with Crippen LogP contribution in [-0.4, -0.2) is 60.9 Å². The highest BCUT2D eigenvalue weighted by Crippen LogP contribution is 2.25. The Morgan fingerprint density at radius 2 is 2.15 bits per heavy atom. The molecular formula is C15H30N2O3. The van der Waals surface area contributed by atoms with Crippen LogP contribution in [0.1, 0.15) is 34.6 Å². The first-order valence-corrected chi connectivity index (χ1v) is 7.57. The normalized spacial score (nSPS) is 22.9. The number of carbonyl (C=O) groups is 1. The summed E-state index contributed by atoms with van der Waals surface area (Å²) in [5, 5.41) is 13.1. The molecule has 0 spiro atoms. The third-order valence-electron chi connectivity index (χ3n) is 4.04. The minimum atomic E-state index is -0.442. The summed E-state index contributed by atoms with van der Waals surface area (Å²) >= 11 is 0. The fraction of sp³-hybridized carbons (Fsp3) is 0.933. The van der Waals surface area contributed by atoms with Crippen LogP contribution in [0, 0.1) is 11.3 Å². The largest absolute Gasteiger partial charge is 0.392 e. The average molecular weight is 286 g/mol.